The summed E-state index contributed by atoms with van der Waals surface area (Å²) in [5, 5.41) is 8.03. The molecule has 25 heavy (non-hydrogen) atoms. The molecule has 0 bridgehead atoms. The molecular weight excluding hydrogens is 314 g/mol. The Morgan fingerprint density at radius 3 is 2.92 bits per heavy atom. The van der Waals surface area contributed by atoms with Crippen LogP contribution in [-0.2, 0) is 6.42 Å². The molecule has 0 fully saturated rings. The molecule has 4 rings (SSSR count). The van der Waals surface area contributed by atoms with Crippen LogP contribution in [0.5, 0.6) is 0 Å². The van der Waals surface area contributed by atoms with Gasteiger partial charge in [-0.15, -0.1) is 10.2 Å². The van der Waals surface area contributed by atoms with E-state index in [4.69, 9.17) is 0 Å². The minimum atomic E-state index is -0.0416. The van der Waals surface area contributed by atoms with Crippen LogP contribution in [0.1, 0.15) is 21.6 Å². The molecule has 6 heteroatoms. The molecule has 0 radical (unpaired) electrons. The first-order valence-corrected chi connectivity index (χ1v) is 7.90. The Labute approximate surface area is 144 Å². The second kappa shape index (κ2) is 6.24. The molecule has 4 aromatic heterocycles. The van der Waals surface area contributed by atoms with Crippen molar-refractivity contribution >= 4 is 11.4 Å². The van der Waals surface area contributed by atoms with Gasteiger partial charge in [0.1, 0.15) is 6.33 Å². The van der Waals surface area contributed by atoms with E-state index in [1.165, 1.54) is 0 Å². The van der Waals surface area contributed by atoms with Gasteiger partial charge in [0.25, 0.3) is 0 Å². The predicted molar refractivity (Wildman–Crippen MR) is 93.2 cm³/mol. The Morgan fingerprint density at radius 2 is 2.12 bits per heavy atom. The molecule has 6 nitrogen and oxygen atoms in total. The highest BCUT2D eigenvalue weighted by Crippen LogP contribution is 2.25. The van der Waals surface area contributed by atoms with Gasteiger partial charge < -0.3 is 0 Å². The number of Topliss-reactive ketones (excluding diaryl/α,β-unsaturated/α-hetero) is 1. The summed E-state index contributed by atoms with van der Waals surface area (Å²) in [6.07, 6.45) is 8.97. The van der Waals surface area contributed by atoms with Gasteiger partial charge in [0.2, 0.25) is 0 Å². The Balaban J connectivity index is 1.81. The normalized spacial score (nSPS) is 10.9. The Bertz CT molecular complexity index is 1060. The fraction of sp³-hybridized carbons (Fsp3) is 0.105. The number of hydrogen-bond donors (Lipinski definition) is 0. The first-order chi connectivity index (χ1) is 12.2. The average Bonchev–Trinajstić information content (AvgIpc) is 3.10. The summed E-state index contributed by atoms with van der Waals surface area (Å²) < 4.78 is 1.77. The quantitative estimate of drug-likeness (QED) is 0.538. The summed E-state index contributed by atoms with van der Waals surface area (Å²) in [5.74, 6) is -0.0416. The number of carbonyl (C=O) groups excluding carboxylic acids is 1. The van der Waals surface area contributed by atoms with Crippen molar-refractivity contribution in [1.82, 2.24) is 24.6 Å². The maximum absolute atomic E-state index is 12.9. The molecule has 0 spiro atoms. The van der Waals surface area contributed by atoms with Crippen LogP contribution in [-0.4, -0.2) is 30.3 Å². The third kappa shape index (κ3) is 2.89. The first kappa shape index (κ1) is 15.1. The summed E-state index contributed by atoms with van der Waals surface area (Å²) >= 11 is 0. The number of nitrogens with zero attached hydrogens (tertiary/aromatic N) is 5. The molecule has 0 saturated carbocycles. The number of aromatic nitrogens is 5. The van der Waals surface area contributed by atoms with E-state index >= 15 is 0 Å². The lowest BCUT2D eigenvalue weighted by Crippen LogP contribution is -2.08. The van der Waals surface area contributed by atoms with E-state index in [0.29, 0.717) is 11.2 Å². The molecule has 0 atom stereocenters. The van der Waals surface area contributed by atoms with Crippen molar-refractivity contribution in [2.45, 2.75) is 13.3 Å². The Morgan fingerprint density at radius 1 is 1.20 bits per heavy atom. The molecule has 0 saturated heterocycles. The topological polar surface area (TPSA) is 73.0 Å². The minimum Gasteiger partial charge on any atom is -0.294 e. The maximum Gasteiger partial charge on any atom is 0.172 e. The Hall–Kier alpha value is -3.41. The van der Waals surface area contributed by atoms with Gasteiger partial charge in [-0.3, -0.25) is 19.2 Å². The van der Waals surface area contributed by atoms with E-state index in [9.17, 15) is 4.79 Å². The molecule has 0 aromatic carbocycles. The van der Waals surface area contributed by atoms with Crippen molar-refractivity contribution < 1.29 is 4.79 Å². The molecule has 0 aliphatic rings. The summed E-state index contributed by atoms with van der Waals surface area (Å²) in [4.78, 5) is 21.3. The molecule has 4 heterocycles. The van der Waals surface area contributed by atoms with E-state index in [2.05, 4.69) is 20.2 Å². The number of pyridine rings is 3. The van der Waals surface area contributed by atoms with Crippen LogP contribution in [0.25, 0.3) is 16.8 Å². The van der Waals surface area contributed by atoms with Crippen LogP contribution in [0, 0.1) is 6.92 Å². The van der Waals surface area contributed by atoms with Crippen molar-refractivity contribution in [3.8, 4) is 11.1 Å². The highest BCUT2D eigenvalue weighted by molar-refractivity contribution is 6.03. The zero-order valence-electron chi connectivity index (χ0n) is 13.6. The van der Waals surface area contributed by atoms with E-state index < -0.39 is 0 Å². The standard InChI is InChI=1S/C19H15N5O/c1-13-5-7-20-10-17(13)14-8-16(19-23-22-12-24(19)11-14)18(25)9-15-4-2-3-6-21-15/h2-8,10-12H,9H2,1H3. The van der Waals surface area contributed by atoms with Gasteiger partial charge in [-0.1, -0.05) is 6.07 Å². The molecule has 122 valence electrons. The van der Waals surface area contributed by atoms with E-state index in [0.717, 1.165) is 22.4 Å². The predicted octanol–water partition coefficient (Wildman–Crippen LogP) is 2.92. The zero-order valence-corrected chi connectivity index (χ0v) is 13.6. The molecule has 0 aliphatic carbocycles. The zero-order chi connectivity index (χ0) is 17.2. The second-order valence-electron chi connectivity index (χ2n) is 5.82. The first-order valence-electron chi connectivity index (χ1n) is 7.90. The molecule has 0 amide bonds. The lowest BCUT2D eigenvalue weighted by Gasteiger charge is -2.09. The highest BCUT2D eigenvalue weighted by atomic mass is 16.1. The van der Waals surface area contributed by atoms with Crippen LogP contribution in [0.4, 0.5) is 0 Å². The number of rotatable bonds is 4. The van der Waals surface area contributed by atoms with Gasteiger partial charge in [-0.25, -0.2) is 0 Å². The molecule has 4 aromatic rings. The van der Waals surface area contributed by atoms with Gasteiger partial charge in [0, 0.05) is 41.6 Å². The molecule has 0 aliphatic heterocycles. The molecule has 0 N–H and O–H groups in total. The highest BCUT2D eigenvalue weighted by Gasteiger charge is 2.16. The molecular formula is C19H15N5O. The van der Waals surface area contributed by atoms with Crippen molar-refractivity contribution in [1.29, 1.82) is 0 Å². The monoisotopic (exact) mass is 329 g/mol. The summed E-state index contributed by atoms with van der Waals surface area (Å²) in [7, 11) is 0. The van der Waals surface area contributed by atoms with Crippen LogP contribution in [0.3, 0.4) is 0 Å². The van der Waals surface area contributed by atoms with Crippen molar-refractivity contribution in [2.75, 3.05) is 0 Å². The lowest BCUT2D eigenvalue weighted by molar-refractivity contribution is 0.0993. The number of fused-ring (bicyclic) bond motifs is 1. The number of aryl methyl sites for hydroxylation is 1. The fourth-order valence-corrected chi connectivity index (χ4v) is 2.82. The fourth-order valence-electron chi connectivity index (χ4n) is 2.82. The van der Waals surface area contributed by atoms with Crippen molar-refractivity contribution in [3.63, 3.8) is 0 Å². The second-order valence-corrected chi connectivity index (χ2v) is 5.82. The number of carbonyl (C=O) groups is 1. The van der Waals surface area contributed by atoms with Gasteiger partial charge >= 0.3 is 0 Å². The van der Waals surface area contributed by atoms with Gasteiger partial charge in [-0.2, -0.15) is 0 Å². The third-order valence-electron chi connectivity index (χ3n) is 4.11. The summed E-state index contributed by atoms with van der Waals surface area (Å²) in [6, 6.07) is 9.35. The smallest absolute Gasteiger partial charge is 0.172 e. The molecule has 0 unspecified atom stereocenters. The lowest BCUT2D eigenvalue weighted by atomic mass is 10.0. The third-order valence-corrected chi connectivity index (χ3v) is 4.11. The van der Waals surface area contributed by atoms with E-state index in [-0.39, 0.29) is 12.2 Å². The number of ketones is 1. The van der Waals surface area contributed by atoms with Crippen molar-refractivity contribution in [3.05, 3.63) is 78.3 Å². The Kier molecular flexibility index (Phi) is 3.78. The van der Waals surface area contributed by atoms with Gasteiger partial charge in [0.05, 0.1) is 12.0 Å². The summed E-state index contributed by atoms with van der Waals surface area (Å²) in [6.45, 7) is 2.02. The van der Waals surface area contributed by atoms with Crippen LogP contribution in [0.2, 0.25) is 0 Å². The average molecular weight is 329 g/mol. The SMILES string of the molecule is Cc1ccncc1-c1cc(C(=O)Cc2ccccn2)c2nncn2c1. The van der Waals surface area contributed by atoms with E-state index in [1.54, 1.807) is 29.3 Å². The largest absolute Gasteiger partial charge is 0.294 e. The number of hydrogen-bond acceptors (Lipinski definition) is 5. The maximum atomic E-state index is 12.9. The summed E-state index contributed by atoms with van der Waals surface area (Å²) in [5.41, 5.74) is 4.78. The van der Waals surface area contributed by atoms with Crippen LogP contribution < -0.4 is 0 Å². The van der Waals surface area contributed by atoms with E-state index in [1.807, 2.05) is 43.5 Å². The van der Waals surface area contributed by atoms with Crippen LogP contribution >= 0.6 is 0 Å². The van der Waals surface area contributed by atoms with Gasteiger partial charge in [-0.05, 0) is 36.8 Å². The minimum absolute atomic E-state index is 0.0416. The van der Waals surface area contributed by atoms with Crippen molar-refractivity contribution in [2.24, 2.45) is 0 Å². The van der Waals surface area contributed by atoms with Gasteiger partial charge in [0.15, 0.2) is 11.4 Å². The van der Waals surface area contributed by atoms with Crippen LogP contribution in [0.15, 0.2) is 61.4 Å².